The van der Waals surface area contributed by atoms with E-state index in [9.17, 15) is 9.59 Å². The summed E-state index contributed by atoms with van der Waals surface area (Å²) >= 11 is 0. The summed E-state index contributed by atoms with van der Waals surface area (Å²) in [4.78, 5) is 22.1. The van der Waals surface area contributed by atoms with Crippen molar-refractivity contribution < 1.29 is 19.4 Å². The molecule has 0 aliphatic carbocycles. The molecule has 0 bridgehead atoms. The number of hydrogen-bond donors (Lipinski definition) is 1. The lowest BCUT2D eigenvalue weighted by atomic mass is 10.0. The standard InChI is InChI=1S/C12H12O4/c1-3-16-12(15)10-6-4-5-9(7-10)8(2)11(13)14/h4-7H,2-3H2,1H3,(H,13,14). The van der Waals surface area contributed by atoms with Gasteiger partial charge in [-0.3, -0.25) is 0 Å². The maximum atomic E-state index is 11.4. The van der Waals surface area contributed by atoms with E-state index in [0.29, 0.717) is 11.1 Å². The van der Waals surface area contributed by atoms with Crippen LogP contribution in [-0.2, 0) is 9.53 Å². The molecule has 16 heavy (non-hydrogen) atoms. The molecule has 0 aromatic heterocycles. The van der Waals surface area contributed by atoms with Crippen molar-refractivity contribution in [1.82, 2.24) is 0 Å². The maximum Gasteiger partial charge on any atom is 0.338 e. The Hall–Kier alpha value is -2.10. The van der Waals surface area contributed by atoms with Gasteiger partial charge in [0.05, 0.1) is 17.7 Å². The predicted octanol–water partition coefficient (Wildman–Crippen LogP) is 1.96. The first-order valence-electron chi connectivity index (χ1n) is 4.76. The Morgan fingerprint density at radius 3 is 2.56 bits per heavy atom. The number of hydrogen-bond acceptors (Lipinski definition) is 3. The zero-order chi connectivity index (χ0) is 12.1. The van der Waals surface area contributed by atoms with E-state index in [1.165, 1.54) is 6.07 Å². The molecule has 0 saturated heterocycles. The zero-order valence-corrected chi connectivity index (χ0v) is 8.90. The predicted molar refractivity (Wildman–Crippen MR) is 59.1 cm³/mol. The fraction of sp³-hybridized carbons (Fsp3) is 0.167. The number of benzene rings is 1. The number of rotatable bonds is 4. The van der Waals surface area contributed by atoms with E-state index >= 15 is 0 Å². The van der Waals surface area contributed by atoms with Crippen molar-refractivity contribution in [3.63, 3.8) is 0 Å². The first-order valence-corrected chi connectivity index (χ1v) is 4.76. The molecule has 0 unspecified atom stereocenters. The second-order valence-corrected chi connectivity index (χ2v) is 3.08. The van der Waals surface area contributed by atoms with Gasteiger partial charge in [0.2, 0.25) is 0 Å². The van der Waals surface area contributed by atoms with Crippen molar-refractivity contribution in [2.75, 3.05) is 6.61 Å². The molecule has 0 atom stereocenters. The largest absolute Gasteiger partial charge is 0.478 e. The number of carboxylic acid groups (broad SMARTS) is 1. The van der Waals surface area contributed by atoms with Crippen molar-refractivity contribution in [2.45, 2.75) is 6.92 Å². The first kappa shape index (κ1) is 12.0. The fourth-order valence-corrected chi connectivity index (χ4v) is 1.17. The Balaban J connectivity index is 2.99. The summed E-state index contributed by atoms with van der Waals surface area (Å²) in [5.41, 5.74) is 0.672. The molecule has 1 rings (SSSR count). The lowest BCUT2D eigenvalue weighted by molar-refractivity contribution is -0.130. The van der Waals surface area contributed by atoms with Gasteiger partial charge in [-0.15, -0.1) is 0 Å². The molecule has 84 valence electrons. The quantitative estimate of drug-likeness (QED) is 0.622. The molecule has 0 aliphatic heterocycles. The van der Waals surface area contributed by atoms with E-state index in [4.69, 9.17) is 9.84 Å². The van der Waals surface area contributed by atoms with Crippen molar-refractivity contribution in [3.05, 3.63) is 42.0 Å². The molecule has 0 radical (unpaired) electrons. The molecule has 1 aromatic rings. The monoisotopic (exact) mass is 220 g/mol. The normalized spacial score (nSPS) is 9.56. The average molecular weight is 220 g/mol. The number of carbonyl (C=O) groups excluding carboxylic acids is 1. The molecule has 0 aliphatic rings. The van der Waals surface area contributed by atoms with Gasteiger partial charge in [-0.1, -0.05) is 18.7 Å². The van der Waals surface area contributed by atoms with Crippen LogP contribution in [0.3, 0.4) is 0 Å². The van der Waals surface area contributed by atoms with Gasteiger partial charge in [-0.2, -0.15) is 0 Å². The van der Waals surface area contributed by atoms with Crippen LogP contribution < -0.4 is 0 Å². The summed E-state index contributed by atoms with van der Waals surface area (Å²) in [6.07, 6.45) is 0. The van der Waals surface area contributed by atoms with Crippen LogP contribution in [0.25, 0.3) is 5.57 Å². The smallest absolute Gasteiger partial charge is 0.338 e. The molecule has 0 heterocycles. The average Bonchev–Trinajstić information content (AvgIpc) is 2.28. The van der Waals surface area contributed by atoms with Crippen molar-refractivity contribution in [2.24, 2.45) is 0 Å². The molecule has 0 saturated carbocycles. The Kier molecular flexibility index (Phi) is 3.83. The van der Waals surface area contributed by atoms with E-state index in [1.54, 1.807) is 25.1 Å². The Bertz CT molecular complexity index is 434. The molecular formula is C12H12O4. The van der Waals surface area contributed by atoms with Crippen LogP contribution in [-0.4, -0.2) is 23.7 Å². The van der Waals surface area contributed by atoms with Gasteiger partial charge in [0.25, 0.3) is 0 Å². The molecule has 0 amide bonds. The molecule has 0 spiro atoms. The Morgan fingerprint density at radius 1 is 1.38 bits per heavy atom. The third-order valence-corrected chi connectivity index (χ3v) is 1.98. The summed E-state index contributed by atoms with van der Waals surface area (Å²) in [6.45, 7) is 5.41. The highest BCUT2D eigenvalue weighted by Crippen LogP contribution is 2.15. The third-order valence-electron chi connectivity index (χ3n) is 1.98. The van der Waals surface area contributed by atoms with Crippen LogP contribution in [0.2, 0.25) is 0 Å². The minimum absolute atomic E-state index is 0.0499. The van der Waals surface area contributed by atoms with Crippen LogP contribution in [0.1, 0.15) is 22.8 Å². The summed E-state index contributed by atoms with van der Waals surface area (Å²) in [6, 6.07) is 6.19. The van der Waals surface area contributed by atoms with Gasteiger partial charge < -0.3 is 9.84 Å². The molecule has 1 aromatic carbocycles. The number of ether oxygens (including phenoxy) is 1. The van der Waals surface area contributed by atoms with Gasteiger partial charge in [0.1, 0.15) is 0 Å². The first-order chi connectivity index (χ1) is 7.56. The van der Waals surface area contributed by atoms with E-state index in [-0.39, 0.29) is 12.2 Å². The minimum Gasteiger partial charge on any atom is -0.478 e. The molecule has 4 nitrogen and oxygen atoms in total. The Morgan fingerprint density at radius 2 is 2.00 bits per heavy atom. The number of carbonyl (C=O) groups is 2. The second kappa shape index (κ2) is 5.11. The van der Waals surface area contributed by atoms with Crippen LogP contribution in [0.5, 0.6) is 0 Å². The highest BCUT2D eigenvalue weighted by atomic mass is 16.5. The minimum atomic E-state index is -1.11. The highest BCUT2D eigenvalue weighted by Gasteiger charge is 2.11. The van der Waals surface area contributed by atoms with Crippen molar-refractivity contribution in [3.8, 4) is 0 Å². The number of aliphatic carboxylic acids is 1. The SMILES string of the molecule is C=C(C(=O)O)c1cccc(C(=O)OCC)c1. The topological polar surface area (TPSA) is 63.6 Å². The van der Waals surface area contributed by atoms with E-state index in [2.05, 4.69) is 6.58 Å². The summed E-state index contributed by atoms with van der Waals surface area (Å²) in [7, 11) is 0. The van der Waals surface area contributed by atoms with Crippen molar-refractivity contribution >= 4 is 17.5 Å². The van der Waals surface area contributed by atoms with Gasteiger partial charge in [-0.25, -0.2) is 9.59 Å². The maximum absolute atomic E-state index is 11.4. The van der Waals surface area contributed by atoms with Crippen LogP contribution in [0, 0.1) is 0 Å². The summed E-state index contributed by atoms with van der Waals surface area (Å²) < 4.78 is 4.81. The molecule has 4 heteroatoms. The molecule has 0 fully saturated rings. The van der Waals surface area contributed by atoms with E-state index in [1.807, 2.05) is 0 Å². The third kappa shape index (κ3) is 2.70. The highest BCUT2D eigenvalue weighted by molar-refractivity contribution is 6.14. The molecule has 1 N–H and O–H groups in total. The molecular weight excluding hydrogens is 208 g/mol. The number of carboxylic acids is 1. The van der Waals surface area contributed by atoms with Gasteiger partial charge in [0, 0.05) is 0 Å². The lowest BCUT2D eigenvalue weighted by Crippen LogP contribution is -2.06. The number of esters is 1. The van der Waals surface area contributed by atoms with Crippen LogP contribution >= 0.6 is 0 Å². The van der Waals surface area contributed by atoms with E-state index in [0.717, 1.165) is 0 Å². The summed E-state index contributed by atoms with van der Waals surface area (Å²) in [5, 5.41) is 8.75. The zero-order valence-electron chi connectivity index (χ0n) is 8.90. The van der Waals surface area contributed by atoms with Crippen LogP contribution in [0.4, 0.5) is 0 Å². The fourth-order valence-electron chi connectivity index (χ4n) is 1.17. The van der Waals surface area contributed by atoms with Gasteiger partial charge in [0.15, 0.2) is 0 Å². The van der Waals surface area contributed by atoms with Crippen LogP contribution in [0.15, 0.2) is 30.8 Å². The van der Waals surface area contributed by atoms with Crippen molar-refractivity contribution in [1.29, 1.82) is 0 Å². The summed E-state index contributed by atoms with van der Waals surface area (Å²) in [5.74, 6) is -1.58. The lowest BCUT2D eigenvalue weighted by Gasteiger charge is -2.04. The van der Waals surface area contributed by atoms with E-state index < -0.39 is 11.9 Å². The second-order valence-electron chi connectivity index (χ2n) is 3.08. The van der Waals surface area contributed by atoms with Gasteiger partial charge in [-0.05, 0) is 24.6 Å². The van der Waals surface area contributed by atoms with Gasteiger partial charge >= 0.3 is 11.9 Å². The Labute approximate surface area is 93.2 Å².